The van der Waals surface area contributed by atoms with Gasteiger partial charge in [-0.1, -0.05) is 13.0 Å². The molecular weight excluding hydrogens is 361 g/mol. The molecule has 1 atom stereocenters. The zero-order valence-electron chi connectivity index (χ0n) is 15.7. The van der Waals surface area contributed by atoms with Crippen molar-refractivity contribution in [1.29, 1.82) is 0 Å². The molecule has 0 radical (unpaired) electrons. The van der Waals surface area contributed by atoms with Crippen molar-refractivity contribution in [2.45, 2.75) is 26.3 Å². The second-order valence-electron chi connectivity index (χ2n) is 6.39. The Morgan fingerprint density at radius 1 is 1.33 bits per heavy atom. The number of aliphatic imine (C=N–C) groups is 1. The fraction of sp³-hybridized carbons (Fsp3) is 0.300. The second kappa shape index (κ2) is 8.81. The molecule has 0 saturated heterocycles. The van der Waals surface area contributed by atoms with Crippen molar-refractivity contribution in [2.75, 3.05) is 13.6 Å². The third kappa shape index (κ3) is 4.74. The maximum Gasteiger partial charge on any atom is 0.191 e. The van der Waals surface area contributed by atoms with Crippen LogP contribution < -0.4 is 10.6 Å². The van der Waals surface area contributed by atoms with E-state index in [1.807, 2.05) is 13.0 Å². The SMILES string of the molecule is CN=C(NCc1ccc(-n2ccnc2C)c(F)c1)NCC(C)c1ccsc1. The summed E-state index contributed by atoms with van der Waals surface area (Å²) < 4.78 is 16.2. The van der Waals surface area contributed by atoms with Gasteiger partial charge < -0.3 is 15.2 Å². The van der Waals surface area contributed by atoms with E-state index in [0.717, 1.165) is 17.9 Å². The third-order valence-electron chi connectivity index (χ3n) is 4.47. The average Bonchev–Trinajstić information content (AvgIpc) is 3.34. The summed E-state index contributed by atoms with van der Waals surface area (Å²) >= 11 is 1.70. The molecule has 3 rings (SSSR count). The van der Waals surface area contributed by atoms with Crippen LogP contribution in [-0.4, -0.2) is 29.1 Å². The van der Waals surface area contributed by atoms with Crippen LogP contribution in [0.5, 0.6) is 0 Å². The monoisotopic (exact) mass is 385 g/mol. The van der Waals surface area contributed by atoms with E-state index >= 15 is 0 Å². The molecule has 1 aromatic carbocycles. The first-order chi connectivity index (χ1) is 13.1. The molecule has 2 heterocycles. The minimum absolute atomic E-state index is 0.274. The van der Waals surface area contributed by atoms with Gasteiger partial charge in [0.2, 0.25) is 0 Å². The molecule has 7 heteroatoms. The molecule has 2 aromatic heterocycles. The van der Waals surface area contributed by atoms with E-state index in [1.54, 1.807) is 47.5 Å². The molecule has 0 saturated carbocycles. The number of hydrogen-bond acceptors (Lipinski definition) is 3. The van der Waals surface area contributed by atoms with Crippen LogP contribution >= 0.6 is 11.3 Å². The van der Waals surface area contributed by atoms with Crippen LogP contribution in [0.1, 0.15) is 29.8 Å². The second-order valence-corrected chi connectivity index (χ2v) is 7.17. The first-order valence-corrected chi connectivity index (χ1v) is 9.78. The van der Waals surface area contributed by atoms with E-state index < -0.39 is 0 Å². The highest BCUT2D eigenvalue weighted by Gasteiger charge is 2.09. The fourth-order valence-corrected chi connectivity index (χ4v) is 3.60. The number of nitrogens with zero attached hydrogens (tertiary/aromatic N) is 3. The molecular formula is C20H24FN5S. The summed E-state index contributed by atoms with van der Waals surface area (Å²) in [7, 11) is 1.73. The Kier molecular flexibility index (Phi) is 6.24. The normalized spacial score (nSPS) is 12.8. The first-order valence-electron chi connectivity index (χ1n) is 8.84. The van der Waals surface area contributed by atoms with Gasteiger partial charge in [0, 0.05) is 32.5 Å². The Balaban J connectivity index is 1.57. The lowest BCUT2D eigenvalue weighted by Gasteiger charge is -2.16. The maximum absolute atomic E-state index is 14.5. The Bertz CT molecular complexity index is 901. The number of thiophene rings is 1. The molecule has 0 fully saturated rings. The highest BCUT2D eigenvalue weighted by atomic mass is 32.1. The standard InChI is InChI=1S/C20H24FN5S/c1-14(17-6-9-27-13-17)11-24-20(22-3)25-12-16-4-5-19(18(21)10-16)26-8-7-23-15(26)2/h4-10,13-14H,11-12H2,1-3H3,(H2,22,24,25). The number of hydrogen-bond donors (Lipinski definition) is 2. The number of benzene rings is 1. The molecule has 0 aliphatic heterocycles. The van der Waals surface area contributed by atoms with Crippen molar-refractivity contribution >= 4 is 17.3 Å². The van der Waals surface area contributed by atoms with Crippen molar-refractivity contribution in [3.8, 4) is 5.69 Å². The maximum atomic E-state index is 14.5. The van der Waals surface area contributed by atoms with Crippen LogP contribution in [0.25, 0.3) is 5.69 Å². The van der Waals surface area contributed by atoms with E-state index in [4.69, 9.17) is 0 Å². The Morgan fingerprint density at radius 3 is 2.81 bits per heavy atom. The molecule has 0 amide bonds. The predicted octanol–water partition coefficient (Wildman–Crippen LogP) is 3.85. The number of nitrogens with one attached hydrogen (secondary N) is 2. The van der Waals surface area contributed by atoms with Gasteiger partial charge in [-0.05, 0) is 52.9 Å². The number of aryl methyl sites for hydroxylation is 1. The molecule has 0 aliphatic carbocycles. The van der Waals surface area contributed by atoms with E-state index in [1.165, 1.54) is 5.56 Å². The van der Waals surface area contributed by atoms with Crippen LogP contribution in [0.2, 0.25) is 0 Å². The zero-order valence-corrected chi connectivity index (χ0v) is 16.6. The smallest absolute Gasteiger partial charge is 0.191 e. The lowest BCUT2D eigenvalue weighted by Crippen LogP contribution is -2.38. The van der Waals surface area contributed by atoms with Gasteiger partial charge in [0.1, 0.15) is 11.6 Å². The van der Waals surface area contributed by atoms with E-state index in [-0.39, 0.29) is 5.82 Å². The van der Waals surface area contributed by atoms with E-state index in [2.05, 4.69) is 44.4 Å². The molecule has 0 spiro atoms. The summed E-state index contributed by atoms with van der Waals surface area (Å²) in [6.45, 7) is 5.30. The minimum Gasteiger partial charge on any atom is -0.356 e. The average molecular weight is 386 g/mol. The van der Waals surface area contributed by atoms with Gasteiger partial charge in [-0.25, -0.2) is 9.37 Å². The Hall–Kier alpha value is -2.67. The number of rotatable bonds is 6. The van der Waals surface area contributed by atoms with Gasteiger partial charge in [-0.2, -0.15) is 11.3 Å². The Labute approximate surface area is 163 Å². The van der Waals surface area contributed by atoms with Crippen molar-refractivity contribution in [3.05, 3.63) is 70.2 Å². The van der Waals surface area contributed by atoms with Gasteiger partial charge in [0.05, 0.1) is 5.69 Å². The molecule has 27 heavy (non-hydrogen) atoms. The highest BCUT2D eigenvalue weighted by molar-refractivity contribution is 7.07. The van der Waals surface area contributed by atoms with E-state index in [0.29, 0.717) is 24.1 Å². The van der Waals surface area contributed by atoms with Crippen LogP contribution in [0.15, 0.2) is 52.4 Å². The summed E-state index contributed by atoms with van der Waals surface area (Å²) in [5, 5.41) is 10.8. The molecule has 0 bridgehead atoms. The fourth-order valence-electron chi connectivity index (χ4n) is 2.82. The van der Waals surface area contributed by atoms with Gasteiger partial charge in [-0.15, -0.1) is 0 Å². The lowest BCUT2D eigenvalue weighted by molar-refractivity contribution is 0.613. The van der Waals surface area contributed by atoms with Crippen molar-refractivity contribution < 1.29 is 4.39 Å². The molecule has 5 nitrogen and oxygen atoms in total. The van der Waals surface area contributed by atoms with Crippen LogP contribution in [0.3, 0.4) is 0 Å². The van der Waals surface area contributed by atoms with Crippen LogP contribution in [-0.2, 0) is 6.54 Å². The Morgan fingerprint density at radius 2 is 2.19 bits per heavy atom. The number of imidazole rings is 1. The zero-order chi connectivity index (χ0) is 19.2. The van der Waals surface area contributed by atoms with Gasteiger partial charge >= 0.3 is 0 Å². The number of aromatic nitrogens is 2. The molecule has 2 N–H and O–H groups in total. The van der Waals surface area contributed by atoms with Gasteiger partial charge in [0.15, 0.2) is 5.96 Å². The molecule has 3 aromatic rings. The quantitative estimate of drug-likeness (QED) is 0.501. The van der Waals surface area contributed by atoms with Crippen LogP contribution in [0, 0.1) is 12.7 Å². The largest absolute Gasteiger partial charge is 0.356 e. The van der Waals surface area contributed by atoms with Gasteiger partial charge in [0.25, 0.3) is 0 Å². The van der Waals surface area contributed by atoms with Gasteiger partial charge in [-0.3, -0.25) is 4.99 Å². The van der Waals surface area contributed by atoms with E-state index in [9.17, 15) is 4.39 Å². The third-order valence-corrected chi connectivity index (χ3v) is 5.17. The molecule has 1 unspecified atom stereocenters. The summed E-state index contributed by atoms with van der Waals surface area (Å²) in [6, 6.07) is 7.37. The molecule has 142 valence electrons. The number of halogens is 1. The summed E-state index contributed by atoms with van der Waals surface area (Å²) in [6.07, 6.45) is 3.42. The van der Waals surface area contributed by atoms with Crippen molar-refractivity contribution in [3.63, 3.8) is 0 Å². The van der Waals surface area contributed by atoms with Crippen LogP contribution in [0.4, 0.5) is 4.39 Å². The number of guanidine groups is 1. The van der Waals surface area contributed by atoms with Crippen molar-refractivity contribution in [2.24, 2.45) is 4.99 Å². The predicted molar refractivity (Wildman–Crippen MR) is 109 cm³/mol. The summed E-state index contributed by atoms with van der Waals surface area (Å²) in [4.78, 5) is 8.38. The topological polar surface area (TPSA) is 54.2 Å². The summed E-state index contributed by atoms with van der Waals surface area (Å²) in [5.41, 5.74) is 2.67. The van der Waals surface area contributed by atoms with Crippen molar-refractivity contribution in [1.82, 2.24) is 20.2 Å². The lowest BCUT2D eigenvalue weighted by atomic mass is 10.1. The molecule has 0 aliphatic rings. The highest BCUT2D eigenvalue weighted by Crippen LogP contribution is 2.18. The first kappa shape index (κ1) is 19.1. The summed E-state index contributed by atoms with van der Waals surface area (Å²) in [5.74, 6) is 1.57. The minimum atomic E-state index is -0.274.